The maximum atomic E-state index is 13.0. The smallest absolute Gasteiger partial charge is 0.336 e. The van der Waals surface area contributed by atoms with E-state index in [1.807, 2.05) is 0 Å². The number of nitrogens with zero attached hydrogens (tertiary/aromatic N) is 3. The van der Waals surface area contributed by atoms with Gasteiger partial charge in [-0.15, -0.1) is 12.4 Å². The molecule has 0 spiro atoms. The zero-order chi connectivity index (χ0) is 30.4. The summed E-state index contributed by atoms with van der Waals surface area (Å²) in [6.07, 6.45) is -9.13. The number of rotatable bonds is 3. The van der Waals surface area contributed by atoms with E-state index in [2.05, 4.69) is 5.32 Å². The van der Waals surface area contributed by atoms with Crippen LogP contribution in [0.2, 0.25) is 0 Å². The molecule has 0 unspecified atom stereocenters. The van der Waals surface area contributed by atoms with E-state index in [-0.39, 0.29) is 44.1 Å². The number of carbonyl (C=O) groups is 4. The zero-order valence-electron chi connectivity index (χ0n) is 21.8. The minimum Gasteiger partial charge on any atom is -0.336 e. The number of nitrogens with one attached hydrogen (secondary N) is 1. The van der Waals surface area contributed by atoms with E-state index >= 15 is 0 Å². The van der Waals surface area contributed by atoms with E-state index in [9.17, 15) is 45.5 Å². The molecular formula is C26H26Cl2F6N4O4. The number of hydrogen-bond donors (Lipinski definition) is 1. The highest BCUT2D eigenvalue weighted by Gasteiger charge is 2.37. The largest absolute Gasteiger partial charge is 0.417 e. The summed E-state index contributed by atoms with van der Waals surface area (Å²) in [4.78, 5) is 50.4. The molecule has 0 radical (unpaired) electrons. The summed E-state index contributed by atoms with van der Waals surface area (Å²) in [5, 5.41) is 1.92. The number of carbonyl (C=O) groups excluding carboxylic acids is 4. The molecule has 4 rings (SSSR count). The molecule has 2 fully saturated rings. The summed E-state index contributed by atoms with van der Waals surface area (Å²) in [7, 11) is 0. The molecular weight excluding hydrogens is 617 g/mol. The van der Waals surface area contributed by atoms with Crippen LogP contribution in [0, 0.1) is 0 Å². The van der Waals surface area contributed by atoms with Crippen molar-refractivity contribution in [3.05, 3.63) is 70.8 Å². The molecule has 8 nitrogen and oxygen atoms in total. The van der Waals surface area contributed by atoms with Gasteiger partial charge in [0, 0.05) is 52.4 Å². The van der Waals surface area contributed by atoms with Gasteiger partial charge in [-0.05, 0) is 35.9 Å². The van der Waals surface area contributed by atoms with E-state index in [0.717, 1.165) is 23.1 Å². The number of alkyl halides is 6. The van der Waals surface area contributed by atoms with Crippen LogP contribution in [0.25, 0.3) is 0 Å². The van der Waals surface area contributed by atoms with Crippen LogP contribution in [0.1, 0.15) is 31.8 Å². The van der Waals surface area contributed by atoms with Crippen LogP contribution < -0.4 is 5.32 Å². The van der Waals surface area contributed by atoms with Gasteiger partial charge in [0.1, 0.15) is 0 Å². The Kier molecular flexibility index (Phi) is 12.2. The summed E-state index contributed by atoms with van der Waals surface area (Å²) in [6, 6.07) is 9.44. The lowest BCUT2D eigenvalue weighted by Crippen LogP contribution is -2.51. The van der Waals surface area contributed by atoms with Crippen molar-refractivity contribution in [3.8, 4) is 0 Å². The molecule has 0 saturated carbocycles. The first kappa shape index (κ1) is 34.8. The summed E-state index contributed by atoms with van der Waals surface area (Å²) in [5.41, 5.74) is -2.58. The van der Waals surface area contributed by atoms with Gasteiger partial charge in [0.15, 0.2) is 0 Å². The van der Waals surface area contributed by atoms with E-state index in [1.165, 1.54) is 40.1 Å². The van der Waals surface area contributed by atoms with E-state index in [1.54, 1.807) is 0 Å². The molecule has 1 N–H and O–H groups in total. The van der Waals surface area contributed by atoms with Gasteiger partial charge >= 0.3 is 23.5 Å². The van der Waals surface area contributed by atoms with Crippen molar-refractivity contribution in [2.45, 2.75) is 12.4 Å². The normalized spacial score (nSPS) is 15.6. The Morgan fingerprint density at radius 2 is 0.976 bits per heavy atom. The maximum Gasteiger partial charge on any atom is 0.417 e. The third-order valence-electron chi connectivity index (χ3n) is 6.35. The van der Waals surface area contributed by atoms with Gasteiger partial charge in [-0.2, -0.15) is 26.3 Å². The van der Waals surface area contributed by atoms with Gasteiger partial charge in [0.2, 0.25) is 0 Å². The number of piperazine rings is 2. The van der Waals surface area contributed by atoms with Gasteiger partial charge in [0.25, 0.3) is 11.8 Å². The number of benzene rings is 2. The van der Waals surface area contributed by atoms with E-state index < -0.39 is 52.0 Å². The molecule has 42 heavy (non-hydrogen) atoms. The molecule has 0 aromatic heterocycles. The molecule has 2 aliphatic rings. The standard InChI is InChI=1S/C14H12ClF3N2O3.C12H13F3N2O.ClH/c15-11(21)13(23)20-7-5-19(6-8-20)12(22)9-3-1-2-4-10(9)14(16,17)18;13-12(14,15)10-4-2-1-3-9(10)11(18)17-7-5-16-6-8-17;/h1-4H,5-8H2;1-4,16H,5-8H2;1H. The molecule has 0 atom stereocenters. The van der Waals surface area contributed by atoms with Crippen LogP contribution in [0.3, 0.4) is 0 Å². The van der Waals surface area contributed by atoms with Crippen LogP contribution in [0.15, 0.2) is 48.5 Å². The van der Waals surface area contributed by atoms with Gasteiger partial charge in [-0.3, -0.25) is 19.2 Å². The second-order valence-corrected chi connectivity index (χ2v) is 9.33. The van der Waals surface area contributed by atoms with Crippen molar-refractivity contribution in [1.29, 1.82) is 0 Å². The van der Waals surface area contributed by atoms with Gasteiger partial charge in [0.05, 0.1) is 22.3 Å². The quantitative estimate of drug-likeness (QED) is 0.311. The third-order valence-corrected chi connectivity index (χ3v) is 6.51. The zero-order valence-corrected chi connectivity index (χ0v) is 23.4. The second kappa shape index (κ2) is 14.7. The SMILES string of the molecule is Cl.O=C(Cl)C(=O)N1CCN(C(=O)c2ccccc2C(F)(F)F)CC1.O=C(c1ccccc1C(F)(F)F)N1CCNCC1. The fourth-order valence-electron chi connectivity index (χ4n) is 4.28. The van der Waals surface area contributed by atoms with Crippen LogP contribution in [0.4, 0.5) is 26.3 Å². The lowest BCUT2D eigenvalue weighted by molar-refractivity contribution is -0.141. The number of amides is 3. The average Bonchev–Trinajstić information content (AvgIpc) is 2.96. The highest BCUT2D eigenvalue weighted by molar-refractivity contribution is 6.80. The molecule has 2 aromatic carbocycles. The predicted molar refractivity (Wildman–Crippen MR) is 142 cm³/mol. The van der Waals surface area contributed by atoms with Crippen molar-refractivity contribution in [3.63, 3.8) is 0 Å². The van der Waals surface area contributed by atoms with Crippen LogP contribution in [-0.2, 0) is 21.9 Å². The fourth-order valence-corrected chi connectivity index (χ4v) is 4.40. The highest BCUT2D eigenvalue weighted by Crippen LogP contribution is 2.33. The Labute approximate surface area is 248 Å². The van der Waals surface area contributed by atoms with Crippen LogP contribution >= 0.6 is 24.0 Å². The first-order valence-electron chi connectivity index (χ1n) is 12.3. The Balaban J connectivity index is 0.000000295. The molecule has 3 amide bonds. The average molecular weight is 643 g/mol. The summed E-state index contributed by atoms with van der Waals surface area (Å²) < 4.78 is 77.2. The molecule has 0 aliphatic carbocycles. The fraction of sp³-hybridized carbons (Fsp3) is 0.385. The highest BCUT2D eigenvalue weighted by atomic mass is 35.5. The van der Waals surface area contributed by atoms with Crippen molar-refractivity contribution in [1.82, 2.24) is 20.0 Å². The van der Waals surface area contributed by atoms with Gasteiger partial charge in [-0.1, -0.05) is 24.3 Å². The first-order valence-corrected chi connectivity index (χ1v) is 12.7. The summed E-state index contributed by atoms with van der Waals surface area (Å²) in [5.74, 6) is -2.19. The second-order valence-electron chi connectivity index (χ2n) is 8.99. The molecule has 230 valence electrons. The van der Waals surface area contributed by atoms with Crippen molar-refractivity contribution in [2.24, 2.45) is 0 Å². The Bertz CT molecular complexity index is 1280. The molecule has 2 aromatic rings. The Hall–Kier alpha value is -3.36. The molecule has 2 heterocycles. The van der Waals surface area contributed by atoms with Gasteiger partial charge < -0.3 is 20.0 Å². The first-order chi connectivity index (χ1) is 19.2. The van der Waals surface area contributed by atoms with Gasteiger partial charge in [-0.25, -0.2) is 0 Å². The number of hydrogen-bond acceptors (Lipinski definition) is 5. The van der Waals surface area contributed by atoms with Crippen molar-refractivity contribution >= 4 is 47.0 Å². The molecule has 0 bridgehead atoms. The van der Waals surface area contributed by atoms with Crippen molar-refractivity contribution in [2.75, 3.05) is 52.4 Å². The predicted octanol–water partition coefficient (Wildman–Crippen LogP) is 3.93. The van der Waals surface area contributed by atoms with E-state index in [0.29, 0.717) is 26.2 Å². The summed E-state index contributed by atoms with van der Waals surface area (Å²) in [6.45, 7) is 2.23. The van der Waals surface area contributed by atoms with Crippen molar-refractivity contribution < 1.29 is 45.5 Å². The lowest BCUT2D eigenvalue weighted by Gasteiger charge is -2.34. The monoisotopic (exact) mass is 642 g/mol. The summed E-state index contributed by atoms with van der Waals surface area (Å²) >= 11 is 5.09. The van der Waals surface area contributed by atoms with E-state index in [4.69, 9.17) is 11.6 Å². The maximum absolute atomic E-state index is 13.0. The number of halogens is 8. The Morgan fingerprint density at radius 1 is 0.619 bits per heavy atom. The van der Waals surface area contributed by atoms with Crippen LogP contribution in [0.5, 0.6) is 0 Å². The molecule has 16 heteroatoms. The van der Waals surface area contributed by atoms with Crippen LogP contribution in [-0.4, -0.2) is 90.0 Å². The topological polar surface area (TPSA) is 90.0 Å². The Morgan fingerprint density at radius 3 is 1.36 bits per heavy atom. The minimum atomic E-state index is -4.63. The molecule has 2 aliphatic heterocycles. The minimum absolute atomic E-state index is 0. The lowest BCUT2D eigenvalue weighted by atomic mass is 10.1. The third kappa shape index (κ3) is 8.82. The molecule has 2 saturated heterocycles.